The first-order valence-electron chi connectivity index (χ1n) is 5.61. The molecule has 1 atom stereocenters. The van der Waals surface area contributed by atoms with Gasteiger partial charge in [-0.3, -0.25) is 0 Å². The standard InChI is InChI=1S/C12H14BrFN2O3/c1-3-9(11(17)18)15-12(19)16-10-5-8(14)7(13)4-6(10)2/h4-5,9H,3H2,1-2H3,(H,17,18)(H2,15,16,19)/t9-/m0/s1. The van der Waals surface area contributed by atoms with Gasteiger partial charge in [0.2, 0.25) is 0 Å². The number of carbonyl (C=O) groups excluding carboxylic acids is 1. The van der Waals surface area contributed by atoms with Gasteiger partial charge in [-0.15, -0.1) is 0 Å². The summed E-state index contributed by atoms with van der Waals surface area (Å²) in [5.74, 6) is -1.62. The summed E-state index contributed by atoms with van der Waals surface area (Å²) >= 11 is 3.04. The average Bonchev–Trinajstić information content (AvgIpc) is 2.32. The van der Waals surface area contributed by atoms with Crippen molar-refractivity contribution in [3.63, 3.8) is 0 Å². The van der Waals surface area contributed by atoms with Crippen LogP contribution >= 0.6 is 15.9 Å². The number of hydrogen-bond acceptors (Lipinski definition) is 2. The van der Waals surface area contributed by atoms with Crippen LogP contribution in [0.5, 0.6) is 0 Å². The molecule has 0 fully saturated rings. The van der Waals surface area contributed by atoms with Crippen molar-refractivity contribution in [2.75, 3.05) is 5.32 Å². The lowest BCUT2D eigenvalue weighted by atomic mass is 10.2. The lowest BCUT2D eigenvalue weighted by Crippen LogP contribution is -2.42. The van der Waals surface area contributed by atoms with E-state index in [2.05, 4.69) is 26.6 Å². The van der Waals surface area contributed by atoms with Crippen molar-refractivity contribution in [2.45, 2.75) is 26.3 Å². The van der Waals surface area contributed by atoms with E-state index in [1.807, 2.05) is 0 Å². The van der Waals surface area contributed by atoms with Crippen molar-refractivity contribution in [1.29, 1.82) is 0 Å². The Labute approximate surface area is 118 Å². The summed E-state index contributed by atoms with van der Waals surface area (Å²) in [6.07, 6.45) is 0.260. The molecule has 7 heteroatoms. The van der Waals surface area contributed by atoms with Crippen molar-refractivity contribution in [3.8, 4) is 0 Å². The van der Waals surface area contributed by atoms with Crippen molar-refractivity contribution in [2.24, 2.45) is 0 Å². The lowest BCUT2D eigenvalue weighted by Gasteiger charge is -2.14. The Morgan fingerprint density at radius 1 is 1.47 bits per heavy atom. The molecule has 0 saturated carbocycles. The minimum Gasteiger partial charge on any atom is -0.480 e. The van der Waals surface area contributed by atoms with Crippen molar-refractivity contribution < 1.29 is 19.1 Å². The highest BCUT2D eigenvalue weighted by Gasteiger charge is 2.18. The van der Waals surface area contributed by atoms with Crippen LogP contribution in [0.2, 0.25) is 0 Å². The highest BCUT2D eigenvalue weighted by atomic mass is 79.9. The van der Waals surface area contributed by atoms with Gasteiger partial charge < -0.3 is 15.7 Å². The van der Waals surface area contributed by atoms with E-state index in [1.54, 1.807) is 13.8 Å². The first-order valence-corrected chi connectivity index (χ1v) is 6.40. The molecule has 2 amide bonds. The molecule has 1 aromatic carbocycles. The molecule has 0 bridgehead atoms. The van der Waals surface area contributed by atoms with E-state index in [1.165, 1.54) is 12.1 Å². The smallest absolute Gasteiger partial charge is 0.326 e. The Morgan fingerprint density at radius 3 is 2.63 bits per heavy atom. The molecule has 0 saturated heterocycles. The number of aliphatic carboxylic acids is 1. The summed E-state index contributed by atoms with van der Waals surface area (Å²) in [5.41, 5.74) is 0.949. The second-order valence-corrected chi connectivity index (χ2v) is 4.83. The predicted octanol–water partition coefficient (Wildman–Crippen LogP) is 2.88. The minimum atomic E-state index is -1.11. The summed E-state index contributed by atoms with van der Waals surface area (Å²) in [5, 5.41) is 13.5. The van der Waals surface area contributed by atoms with E-state index in [0.29, 0.717) is 15.7 Å². The van der Waals surface area contributed by atoms with Crippen LogP contribution in [0.15, 0.2) is 16.6 Å². The molecule has 3 N–H and O–H groups in total. The number of carboxylic acid groups (broad SMARTS) is 1. The number of urea groups is 1. The predicted molar refractivity (Wildman–Crippen MR) is 72.7 cm³/mol. The van der Waals surface area contributed by atoms with E-state index in [4.69, 9.17) is 5.11 Å². The quantitative estimate of drug-likeness (QED) is 0.793. The molecule has 0 heterocycles. The van der Waals surface area contributed by atoms with Gasteiger partial charge in [0.15, 0.2) is 0 Å². The van der Waals surface area contributed by atoms with Crippen molar-refractivity contribution in [1.82, 2.24) is 5.32 Å². The summed E-state index contributed by atoms with van der Waals surface area (Å²) < 4.78 is 13.7. The maximum atomic E-state index is 13.4. The molecule has 1 aromatic rings. The number of carboxylic acids is 1. The van der Waals surface area contributed by atoms with E-state index in [0.717, 1.165) is 0 Å². The van der Waals surface area contributed by atoms with Crippen molar-refractivity contribution in [3.05, 3.63) is 28.0 Å². The van der Waals surface area contributed by atoms with Crippen LogP contribution in [-0.4, -0.2) is 23.1 Å². The topological polar surface area (TPSA) is 78.4 Å². The number of aryl methyl sites for hydroxylation is 1. The van der Waals surface area contributed by atoms with Gasteiger partial charge in [0.25, 0.3) is 0 Å². The second-order valence-electron chi connectivity index (χ2n) is 3.98. The van der Waals surface area contributed by atoms with Crippen LogP contribution in [0.4, 0.5) is 14.9 Å². The Hall–Kier alpha value is -1.63. The fourth-order valence-electron chi connectivity index (χ4n) is 1.44. The van der Waals surface area contributed by atoms with E-state index in [-0.39, 0.29) is 6.42 Å². The highest BCUT2D eigenvalue weighted by molar-refractivity contribution is 9.10. The highest BCUT2D eigenvalue weighted by Crippen LogP contribution is 2.23. The van der Waals surface area contributed by atoms with Crippen LogP contribution in [0, 0.1) is 12.7 Å². The average molecular weight is 333 g/mol. The molecule has 0 aromatic heterocycles. The van der Waals surface area contributed by atoms with E-state index >= 15 is 0 Å². The Kier molecular flexibility index (Phi) is 5.29. The number of amides is 2. The van der Waals surface area contributed by atoms with E-state index < -0.39 is 23.9 Å². The molecule has 1 rings (SSSR count). The van der Waals surface area contributed by atoms with Crippen molar-refractivity contribution >= 4 is 33.6 Å². The molecule has 0 radical (unpaired) electrons. The Balaban J connectivity index is 2.77. The summed E-state index contributed by atoms with van der Waals surface area (Å²) in [4.78, 5) is 22.4. The number of halogens is 2. The summed E-state index contributed by atoms with van der Waals surface area (Å²) in [7, 11) is 0. The first kappa shape index (κ1) is 15.4. The van der Waals surface area contributed by atoms with Gasteiger partial charge in [0.1, 0.15) is 11.9 Å². The van der Waals surface area contributed by atoms with Gasteiger partial charge >= 0.3 is 12.0 Å². The zero-order chi connectivity index (χ0) is 14.6. The van der Waals surface area contributed by atoms with Crippen LogP contribution in [-0.2, 0) is 4.79 Å². The molecule has 5 nitrogen and oxygen atoms in total. The van der Waals surface area contributed by atoms with Crippen LogP contribution < -0.4 is 10.6 Å². The molecular formula is C12H14BrFN2O3. The van der Waals surface area contributed by atoms with Gasteiger partial charge in [-0.25, -0.2) is 14.0 Å². The largest absolute Gasteiger partial charge is 0.480 e. The van der Waals surface area contributed by atoms with Gasteiger partial charge in [0.05, 0.1) is 4.47 Å². The van der Waals surface area contributed by atoms with Gasteiger partial charge in [-0.1, -0.05) is 6.92 Å². The molecule has 0 aliphatic heterocycles. The normalized spacial score (nSPS) is 11.8. The molecule has 0 spiro atoms. The maximum Gasteiger partial charge on any atom is 0.326 e. The number of nitrogens with one attached hydrogen (secondary N) is 2. The maximum absolute atomic E-state index is 13.4. The molecule has 0 aliphatic carbocycles. The minimum absolute atomic E-state index is 0.260. The molecule has 0 aliphatic rings. The van der Waals surface area contributed by atoms with Crippen LogP contribution in [0.3, 0.4) is 0 Å². The fourth-order valence-corrected chi connectivity index (χ4v) is 1.89. The number of anilines is 1. The number of carbonyl (C=O) groups is 2. The summed E-state index contributed by atoms with van der Waals surface area (Å²) in [6, 6.07) is 1.04. The SMILES string of the molecule is CC[C@H](NC(=O)Nc1cc(F)c(Br)cc1C)C(=O)O. The Morgan fingerprint density at radius 2 is 2.11 bits per heavy atom. The van der Waals surface area contributed by atoms with Crippen LogP contribution in [0.1, 0.15) is 18.9 Å². The summed E-state index contributed by atoms with van der Waals surface area (Å²) in [6.45, 7) is 3.35. The zero-order valence-electron chi connectivity index (χ0n) is 10.5. The number of benzene rings is 1. The van der Waals surface area contributed by atoms with Crippen LogP contribution in [0.25, 0.3) is 0 Å². The van der Waals surface area contributed by atoms with Gasteiger partial charge in [-0.2, -0.15) is 0 Å². The third-order valence-corrected chi connectivity index (χ3v) is 3.13. The molecule has 104 valence electrons. The molecule has 19 heavy (non-hydrogen) atoms. The second kappa shape index (κ2) is 6.51. The monoisotopic (exact) mass is 332 g/mol. The third-order valence-electron chi connectivity index (χ3n) is 2.53. The molecule has 0 unspecified atom stereocenters. The Bertz CT molecular complexity index is 508. The molecular weight excluding hydrogens is 319 g/mol. The third kappa shape index (κ3) is 4.20. The number of hydrogen-bond donors (Lipinski definition) is 3. The van der Waals surface area contributed by atoms with E-state index in [9.17, 15) is 14.0 Å². The lowest BCUT2D eigenvalue weighted by molar-refractivity contribution is -0.139. The fraction of sp³-hybridized carbons (Fsp3) is 0.333. The van der Waals surface area contributed by atoms with Gasteiger partial charge in [0, 0.05) is 5.69 Å². The van der Waals surface area contributed by atoms with Gasteiger partial charge in [-0.05, 0) is 47.0 Å². The first-order chi connectivity index (χ1) is 8.85. The number of rotatable bonds is 4. The zero-order valence-corrected chi connectivity index (χ0v) is 12.0.